The van der Waals surface area contributed by atoms with Crippen LogP contribution in [0, 0.1) is 0 Å². The minimum atomic E-state index is -3.56. The average molecular weight is 493 g/mol. The zero-order valence-corrected chi connectivity index (χ0v) is 20.1. The number of nitrogens with zero attached hydrogens (tertiary/aromatic N) is 4. The number of methoxy groups -OCH3 is 1. The molecule has 0 radical (unpaired) electrons. The first-order chi connectivity index (χ1) is 15.7. The Hall–Kier alpha value is -3.11. The van der Waals surface area contributed by atoms with Gasteiger partial charge in [0.05, 0.1) is 25.6 Å². The van der Waals surface area contributed by atoms with Crippen LogP contribution in [0.25, 0.3) is 11.4 Å². The van der Waals surface area contributed by atoms with Gasteiger partial charge in [0.1, 0.15) is 5.75 Å². The Kier molecular flexibility index (Phi) is 7.93. The van der Waals surface area contributed by atoms with Crippen LogP contribution in [-0.2, 0) is 21.4 Å². The lowest BCUT2D eigenvalue weighted by atomic mass is 10.2. The van der Waals surface area contributed by atoms with Gasteiger partial charge in [-0.05, 0) is 30.7 Å². The standard InChI is InChI=1S/C22H25ClN4O5S/c1-26(15-20-24-22(25-32-20)16-8-6-9-17(23)14-16)21(28)12-7-13-27(33(3,29)30)18-10-4-5-11-19(18)31-2/h4-6,8-11,14H,7,12-13,15H2,1-3H3. The van der Waals surface area contributed by atoms with Crippen LogP contribution in [0.3, 0.4) is 0 Å². The topological polar surface area (TPSA) is 106 Å². The molecule has 9 nitrogen and oxygen atoms in total. The van der Waals surface area contributed by atoms with Crippen molar-refractivity contribution in [3.05, 3.63) is 59.4 Å². The molecule has 0 bridgehead atoms. The molecule has 0 aliphatic heterocycles. The number of hydrogen-bond acceptors (Lipinski definition) is 7. The first-order valence-corrected chi connectivity index (χ1v) is 12.3. The number of benzene rings is 2. The van der Waals surface area contributed by atoms with Crippen molar-refractivity contribution in [1.29, 1.82) is 0 Å². The van der Waals surface area contributed by atoms with E-state index in [1.807, 2.05) is 6.07 Å². The lowest BCUT2D eigenvalue weighted by molar-refractivity contribution is -0.130. The summed E-state index contributed by atoms with van der Waals surface area (Å²) < 4.78 is 36.4. The lowest BCUT2D eigenvalue weighted by Gasteiger charge is -2.24. The van der Waals surface area contributed by atoms with Crippen LogP contribution in [0.4, 0.5) is 5.69 Å². The van der Waals surface area contributed by atoms with E-state index in [2.05, 4.69) is 10.1 Å². The number of para-hydroxylation sites is 2. The first-order valence-electron chi connectivity index (χ1n) is 10.1. The Morgan fingerprint density at radius 2 is 1.94 bits per heavy atom. The number of rotatable bonds is 10. The number of sulfonamides is 1. The zero-order valence-electron chi connectivity index (χ0n) is 18.6. The molecule has 0 aliphatic carbocycles. The summed E-state index contributed by atoms with van der Waals surface area (Å²) in [5, 5.41) is 4.49. The van der Waals surface area contributed by atoms with E-state index >= 15 is 0 Å². The highest BCUT2D eigenvalue weighted by molar-refractivity contribution is 7.92. The minimum absolute atomic E-state index is 0.134. The Morgan fingerprint density at radius 3 is 2.64 bits per heavy atom. The van der Waals surface area contributed by atoms with Crippen LogP contribution in [0.2, 0.25) is 5.02 Å². The van der Waals surface area contributed by atoms with E-state index in [9.17, 15) is 13.2 Å². The van der Waals surface area contributed by atoms with Gasteiger partial charge in [-0.15, -0.1) is 0 Å². The summed E-state index contributed by atoms with van der Waals surface area (Å²) in [4.78, 5) is 18.4. The van der Waals surface area contributed by atoms with Crippen LogP contribution < -0.4 is 9.04 Å². The van der Waals surface area contributed by atoms with Gasteiger partial charge in [-0.3, -0.25) is 9.10 Å². The predicted octanol–water partition coefficient (Wildman–Crippen LogP) is 3.60. The summed E-state index contributed by atoms with van der Waals surface area (Å²) in [7, 11) is -0.454. The predicted molar refractivity (Wildman–Crippen MR) is 126 cm³/mol. The van der Waals surface area contributed by atoms with E-state index in [4.69, 9.17) is 20.9 Å². The number of carbonyl (C=O) groups excluding carboxylic acids is 1. The summed E-state index contributed by atoms with van der Waals surface area (Å²) in [6, 6.07) is 13.9. The zero-order chi connectivity index (χ0) is 24.0. The highest BCUT2D eigenvalue weighted by Gasteiger charge is 2.22. The van der Waals surface area contributed by atoms with E-state index < -0.39 is 10.0 Å². The van der Waals surface area contributed by atoms with Gasteiger partial charge in [0.2, 0.25) is 27.6 Å². The Bertz CT molecular complexity index is 1210. The molecule has 0 unspecified atom stereocenters. The third-order valence-corrected chi connectivity index (χ3v) is 6.27. The van der Waals surface area contributed by atoms with Crippen LogP contribution >= 0.6 is 11.6 Å². The van der Waals surface area contributed by atoms with Crippen molar-refractivity contribution in [1.82, 2.24) is 15.0 Å². The first kappa shape index (κ1) is 24.5. The van der Waals surface area contributed by atoms with Crippen LogP contribution in [0.5, 0.6) is 5.75 Å². The lowest BCUT2D eigenvalue weighted by Crippen LogP contribution is -2.32. The van der Waals surface area contributed by atoms with Crippen molar-refractivity contribution in [2.45, 2.75) is 19.4 Å². The fraction of sp³-hybridized carbons (Fsp3) is 0.318. The van der Waals surface area contributed by atoms with E-state index in [1.165, 1.54) is 16.3 Å². The summed E-state index contributed by atoms with van der Waals surface area (Å²) in [6.07, 6.45) is 1.60. The number of ether oxygens (including phenoxy) is 1. The van der Waals surface area contributed by atoms with Crippen molar-refractivity contribution < 1.29 is 22.5 Å². The van der Waals surface area contributed by atoms with Crippen molar-refractivity contribution in [2.24, 2.45) is 0 Å². The molecule has 1 heterocycles. The van der Waals surface area contributed by atoms with Gasteiger partial charge in [0, 0.05) is 30.6 Å². The molecule has 0 atom stereocenters. The third kappa shape index (κ3) is 6.45. The molecule has 0 fully saturated rings. The van der Waals surface area contributed by atoms with Crippen molar-refractivity contribution in [3.63, 3.8) is 0 Å². The van der Waals surface area contributed by atoms with Gasteiger partial charge >= 0.3 is 0 Å². The van der Waals surface area contributed by atoms with Crippen LogP contribution in [0.15, 0.2) is 53.1 Å². The van der Waals surface area contributed by atoms with Crippen LogP contribution in [-0.4, -0.2) is 56.3 Å². The second-order valence-corrected chi connectivity index (χ2v) is 9.73. The molecule has 2 aromatic carbocycles. The molecule has 33 heavy (non-hydrogen) atoms. The van der Waals surface area contributed by atoms with E-state index in [1.54, 1.807) is 49.5 Å². The second kappa shape index (κ2) is 10.7. The third-order valence-electron chi connectivity index (χ3n) is 4.86. The summed E-state index contributed by atoms with van der Waals surface area (Å²) in [6.45, 7) is 0.271. The van der Waals surface area contributed by atoms with Crippen molar-refractivity contribution >= 4 is 33.2 Å². The SMILES string of the molecule is COc1ccccc1N(CCCC(=O)N(C)Cc1nc(-c2cccc(Cl)c2)no1)S(C)(=O)=O. The number of aromatic nitrogens is 2. The Labute approximate surface area is 198 Å². The van der Waals surface area contributed by atoms with Gasteiger partial charge < -0.3 is 14.2 Å². The normalized spacial score (nSPS) is 11.3. The number of anilines is 1. The second-order valence-electron chi connectivity index (χ2n) is 7.38. The quantitative estimate of drug-likeness (QED) is 0.425. The number of amides is 1. The smallest absolute Gasteiger partial charge is 0.246 e. The highest BCUT2D eigenvalue weighted by Crippen LogP contribution is 2.29. The van der Waals surface area contributed by atoms with Gasteiger partial charge in [-0.2, -0.15) is 4.98 Å². The molecule has 3 rings (SSSR count). The monoisotopic (exact) mass is 492 g/mol. The number of hydrogen-bond donors (Lipinski definition) is 0. The molecule has 0 N–H and O–H groups in total. The molecule has 176 valence electrons. The largest absolute Gasteiger partial charge is 0.495 e. The molecular weight excluding hydrogens is 468 g/mol. The minimum Gasteiger partial charge on any atom is -0.495 e. The number of carbonyl (C=O) groups is 1. The molecule has 3 aromatic rings. The van der Waals surface area contributed by atoms with Crippen molar-refractivity contribution in [2.75, 3.05) is 31.3 Å². The molecule has 0 aliphatic rings. The summed E-state index contributed by atoms with van der Waals surface area (Å²) in [5.74, 6) is 0.936. The van der Waals surface area contributed by atoms with Crippen LogP contribution in [0.1, 0.15) is 18.7 Å². The van der Waals surface area contributed by atoms with Gasteiger partial charge in [-0.25, -0.2) is 8.42 Å². The average Bonchev–Trinajstić information content (AvgIpc) is 3.24. The fourth-order valence-corrected chi connectivity index (χ4v) is 4.38. The number of halogens is 1. The summed E-state index contributed by atoms with van der Waals surface area (Å²) >= 11 is 6.00. The molecule has 0 saturated heterocycles. The van der Waals surface area contributed by atoms with Crippen molar-refractivity contribution in [3.8, 4) is 17.1 Å². The molecule has 0 saturated carbocycles. The maximum atomic E-state index is 12.6. The van der Waals surface area contributed by atoms with Gasteiger partial charge in [-0.1, -0.05) is 41.0 Å². The molecule has 1 aromatic heterocycles. The molecular formula is C22H25ClN4O5S. The van der Waals surface area contributed by atoms with Gasteiger partial charge in [0.15, 0.2) is 0 Å². The molecule has 0 spiro atoms. The summed E-state index contributed by atoms with van der Waals surface area (Å²) in [5.41, 5.74) is 1.14. The Morgan fingerprint density at radius 1 is 1.18 bits per heavy atom. The van der Waals surface area contributed by atoms with E-state index in [0.717, 1.165) is 6.26 Å². The highest BCUT2D eigenvalue weighted by atomic mass is 35.5. The Balaban J connectivity index is 1.59. The molecule has 1 amide bonds. The molecule has 11 heteroatoms. The van der Waals surface area contributed by atoms with E-state index in [0.29, 0.717) is 34.3 Å². The van der Waals surface area contributed by atoms with Gasteiger partial charge in [0.25, 0.3) is 0 Å². The maximum Gasteiger partial charge on any atom is 0.246 e. The fourth-order valence-electron chi connectivity index (χ4n) is 3.22. The van der Waals surface area contributed by atoms with E-state index in [-0.39, 0.29) is 31.3 Å². The maximum absolute atomic E-state index is 12.6.